The molecule has 10 heteroatoms. The van der Waals surface area contributed by atoms with Crippen LogP contribution in [-0.4, -0.2) is 59.6 Å². The molecule has 1 saturated heterocycles. The molecule has 0 aliphatic carbocycles. The molecule has 0 unspecified atom stereocenters. The number of nitrogens with one attached hydrogen (secondary N) is 1. The van der Waals surface area contributed by atoms with E-state index in [4.69, 9.17) is 9.47 Å². The minimum Gasteiger partial charge on any atom is -0.444 e. The summed E-state index contributed by atoms with van der Waals surface area (Å²) in [5.74, 6) is 0.524. The number of likely N-dealkylation sites (tertiary alicyclic amines) is 1. The highest BCUT2D eigenvalue weighted by Gasteiger charge is 2.37. The summed E-state index contributed by atoms with van der Waals surface area (Å²) in [6, 6.07) is 12.2. The number of methoxy groups -OCH3 is 1. The van der Waals surface area contributed by atoms with Gasteiger partial charge in [-0.15, -0.1) is 10.2 Å². The number of amides is 1. The largest absolute Gasteiger partial charge is 0.444 e. The van der Waals surface area contributed by atoms with Crippen LogP contribution in [0.4, 0.5) is 23.8 Å². The number of anilines is 1. The number of benzene rings is 2. The zero-order chi connectivity index (χ0) is 26.1. The molecule has 7 nitrogen and oxygen atoms in total. The van der Waals surface area contributed by atoms with Crippen molar-refractivity contribution in [2.45, 2.75) is 38.6 Å². The lowest BCUT2D eigenvalue weighted by Gasteiger charge is -2.24. The van der Waals surface area contributed by atoms with Crippen molar-refractivity contribution in [1.82, 2.24) is 15.1 Å². The van der Waals surface area contributed by atoms with Crippen molar-refractivity contribution in [3.8, 4) is 11.3 Å². The molecule has 0 saturated carbocycles. The molecule has 1 amide bonds. The molecule has 2 atom stereocenters. The van der Waals surface area contributed by atoms with Crippen molar-refractivity contribution in [1.29, 1.82) is 0 Å². The van der Waals surface area contributed by atoms with Crippen molar-refractivity contribution in [3.05, 3.63) is 54.1 Å². The van der Waals surface area contributed by atoms with Crippen molar-refractivity contribution in [2.24, 2.45) is 5.92 Å². The van der Waals surface area contributed by atoms with Crippen LogP contribution < -0.4 is 5.32 Å². The van der Waals surface area contributed by atoms with Crippen molar-refractivity contribution in [2.75, 3.05) is 32.1 Å². The smallest absolute Gasteiger partial charge is 0.416 e. The minimum atomic E-state index is -4.41. The van der Waals surface area contributed by atoms with Gasteiger partial charge in [-0.05, 0) is 32.9 Å². The molecule has 4 rings (SSSR count). The van der Waals surface area contributed by atoms with Gasteiger partial charge in [0.1, 0.15) is 11.3 Å². The number of fused-ring (bicyclic) bond motifs is 1. The van der Waals surface area contributed by atoms with E-state index < -0.39 is 17.3 Å². The SMILES string of the molecule is COC[C@@H]1CN(C(=O)OC(C)(C)C)C[C@H]1Nc1nnc(-c2ccc(C(F)(F)F)cc2)c2ccccc12. The second-order valence-electron chi connectivity index (χ2n) is 9.87. The average Bonchev–Trinajstić information content (AvgIpc) is 3.21. The fourth-order valence-electron chi connectivity index (χ4n) is 4.31. The summed E-state index contributed by atoms with van der Waals surface area (Å²) in [7, 11) is 1.61. The monoisotopic (exact) mass is 502 g/mol. The third kappa shape index (κ3) is 5.70. The average molecular weight is 503 g/mol. The first kappa shape index (κ1) is 25.7. The van der Waals surface area contributed by atoms with Gasteiger partial charge in [-0.1, -0.05) is 36.4 Å². The number of alkyl halides is 3. The van der Waals surface area contributed by atoms with Crippen LogP contribution in [0.1, 0.15) is 26.3 Å². The molecule has 192 valence electrons. The zero-order valence-corrected chi connectivity index (χ0v) is 20.6. The third-order valence-electron chi connectivity index (χ3n) is 5.97. The van der Waals surface area contributed by atoms with Gasteiger partial charge in [-0.2, -0.15) is 13.2 Å². The molecule has 2 aromatic carbocycles. The topological polar surface area (TPSA) is 76.6 Å². The Bertz CT molecular complexity index is 1230. The minimum absolute atomic E-state index is 0.00216. The van der Waals surface area contributed by atoms with Gasteiger partial charge in [0.15, 0.2) is 5.82 Å². The Hall–Kier alpha value is -3.40. The van der Waals surface area contributed by atoms with E-state index in [0.717, 1.165) is 22.9 Å². The molecule has 0 bridgehead atoms. The van der Waals surface area contributed by atoms with Crippen LogP contribution in [0.15, 0.2) is 48.5 Å². The number of carbonyl (C=O) groups excluding carboxylic acids is 1. The van der Waals surface area contributed by atoms with E-state index in [-0.39, 0.29) is 18.1 Å². The highest BCUT2D eigenvalue weighted by molar-refractivity contribution is 6.00. The van der Waals surface area contributed by atoms with Crippen LogP contribution in [0.3, 0.4) is 0 Å². The van der Waals surface area contributed by atoms with Crippen LogP contribution >= 0.6 is 0 Å². The van der Waals surface area contributed by atoms with E-state index in [2.05, 4.69) is 15.5 Å². The number of hydrogen-bond donors (Lipinski definition) is 1. The Kier molecular flexibility index (Phi) is 7.08. The Morgan fingerprint density at radius 3 is 2.31 bits per heavy atom. The molecule has 1 aliphatic heterocycles. The number of halogens is 3. The Morgan fingerprint density at radius 1 is 1.03 bits per heavy atom. The Morgan fingerprint density at radius 2 is 1.69 bits per heavy atom. The summed E-state index contributed by atoms with van der Waals surface area (Å²) in [6.45, 7) is 6.77. The zero-order valence-electron chi connectivity index (χ0n) is 20.6. The number of carbonyl (C=O) groups is 1. The summed E-state index contributed by atoms with van der Waals surface area (Å²) in [6.07, 6.45) is -4.80. The Labute approximate surface area is 207 Å². The Balaban J connectivity index is 1.62. The second-order valence-corrected chi connectivity index (χ2v) is 9.87. The molecule has 1 aliphatic rings. The van der Waals surface area contributed by atoms with E-state index >= 15 is 0 Å². The van der Waals surface area contributed by atoms with E-state index in [1.807, 2.05) is 45.0 Å². The van der Waals surface area contributed by atoms with Crippen LogP contribution in [0.5, 0.6) is 0 Å². The van der Waals surface area contributed by atoms with Gasteiger partial charge < -0.3 is 19.7 Å². The van der Waals surface area contributed by atoms with Crippen molar-refractivity contribution in [3.63, 3.8) is 0 Å². The normalized spacial score (nSPS) is 18.5. The number of ether oxygens (including phenoxy) is 2. The van der Waals surface area contributed by atoms with Crippen LogP contribution in [-0.2, 0) is 15.7 Å². The quantitative estimate of drug-likeness (QED) is 0.489. The first-order valence-electron chi connectivity index (χ1n) is 11.6. The van der Waals surface area contributed by atoms with Crippen LogP contribution in [0.2, 0.25) is 0 Å². The summed E-state index contributed by atoms with van der Waals surface area (Å²) in [5, 5.41) is 13.7. The van der Waals surface area contributed by atoms with E-state index in [1.165, 1.54) is 12.1 Å². The summed E-state index contributed by atoms with van der Waals surface area (Å²) < 4.78 is 49.9. The number of rotatable bonds is 5. The summed E-state index contributed by atoms with van der Waals surface area (Å²) in [4.78, 5) is 14.3. The molecule has 2 heterocycles. The summed E-state index contributed by atoms with van der Waals surface area (Å²) in [5.41, 5.74) is -0.302. The first-order chi connectivity index (χ1) is 17.0. The molecule has 3 aromatic rings. The van der Waals surface area contributed by atoms with Gasteiger partial charge in [-0.25, -0.2) is 4.79 Å². The van der Waals surface area contributed by atoms with Crippen LogP contribution in [0.25, 0.3) is 22.0 Å². The first-order valence-corrected chi connectivity index (χ1v) is 11.6. The maximum atomic E-state index is 13.0. The fourth-order valence-corrected chi connectivity index (χ4v) is 4.31. The molecule has 36 heavy (non-hydrogen) atoms. The van der Waals surface area contributed by atoms with Crippen molar-refractivity contribution >= 4 is 22.7 Å². The van der Waals surface area contributed by atoms with E-state index in [0.29, 0.717) is 36.8 Å². The van der Waals surface area contributed by atoms with Crippen LogP contribution in [0, 0.1) is 5.92 Å². The maximum Gasteiger partial charge on any atom is 0.416 e. The lowest BCUT2D eigenvalue weighted by atomic mass is 10.0. The van der Waals surface area contributed by atoms with Crippen molar-refractivity contribution < 1.29 is 27.4 Å². The lowest BCUT2D eigenvalue weighted by Crippen LogP contribution is -2.36. The van der Waals surface area contributed by atoms with Gasteiger partial charge in [0, 0.05) is 42.5 Å². The lowest BCUT2D eigenvalue weighted by molar-refractivity contribution is -0.137. The molecule has 1 aromatic heterocycles. The molecule has 1 N–H and O–H groups in total. The predicted molar refractivity (Wildman–Crippen MR) is 131 cm³/mol. The number of nitrogens with zero attached hydrogens (tertiary/aromatic N) is 3. The molecular formula is C26H29F3N4O3. The molecule has 0 radical (unpaired) electrons. The summed E-state index contributed by atoms with van der Waals surface area (Å²) >= 11 is 0. The predicted octanol–water partition coefficient (Wildman–Crippen LogP) is 5.61. The molecule has 0 spiro atoms. The molecule has 1 fully saturated rings. The third-order valence-corrected chi connectivity index (χ3v) is 5.97. The van der Waals surface area contributed by atoms with Gasteiger partial charge in [0.05, 0.1) is 18.2 Å². The van der Waals surface area contributed by atoms with Gasteiger partial charge in [0.2, 0.25) is 0 Å². The highest BCUT2D eigenvalue weighted by atomic mass is 19.4. The second kappa shape index (κ2) is 9.93. The number of aromatic nitrogens is 2. The molecular weight excluding hydrogens is 473 g/mol. The van der Waals surface area contributed by atoms with Gasteiger partial charge in [-0.3, -0.25) is 0 Å². The number of hydrogen-bond acceptors (Lipinski definition) is 6. The van der Waals surface area contributed by atoms with Gasteiger partial charge >= 0.3 is 12.3 Å². The van der Waals surface area contributed by atoms with E-state index in [1.54, 1.807) is 12.0 Å². The maximum absolute atomic E-state index is 13.0. The fraction of sp³-hybridized carbons (Fsp3) is 0.423. The highest BCUT2D eigenvalue weighted by Crippen LogP contribution is 2.34. The standard InChI is InChI=1S/C26H29F3N4O3/c1-25(2,3)36-24(34)33-13-17(15-35-4)21(14-33)30-23-20-8-6-5-7-19(20)22(31-32-23)16-9-11-18(12-10-16)26(27,28)29/h5-12,17,21H,13-15H2,1-4H3,(H,30,32)/t17-,21+/m0/s1. The van der Waals surface area contributed by atoms with Gasteiger partial charge in [0.25, 0.3) is 0 Å². The van der Waals surface area contributed by atoms with E-state index in [9.17, 15) is 18.0 Å².